The van der Waals surface area contributed by atoms with Crippen molar-refractivity contribution in [3.63, 3.8) is 0 Å². The van der Waals surface area contributed by atoms with Gasteiger partial charge in [0.25, 0.3) is 0 Å². The molecule has 1 aromatic rings. The van der Waals surface area contributed by atoms with Crippen molar-refractivity contribution in [3.05, 3.63) is 36.9 Å². The Morgan fingerprint density at radius 2 is 1.72 bits per heavy atom. The van der Waals surface area contributed by atoms with Crippen LogP contribution < -0.4 is 10.6 Å². The Hall–Kier alpha value is -2.23. The third-order valence-corrected chi connectivity index (χ3v) is 7.85. The summed E-state index contributed by atoms with van der Waals surface area (Å²) in [7, 11) is -3.59. The summed E-state index contributed by atoms with van der Waals surface area (Å²) in [4.78, 5) is 23.9. The van der Waals surface area contributed by atoms with Crippen molar-refractivity contribution in [2.24, 2.45) is 17.8 Å². The summed E-state index contributed by atoms with van der Waals surface area (Å²) in [5, 5.41) is 5.70. The lowest BCUT2D eigenvalue weighted by molar-refractivity contribution is -0.122. The zero-order chi connectivity index (χ0) is 20.6. The smallest absolute Gasteiger partial charge is 0.243 e. The fourth-order valence-corrected chi connectivity index (χ4v) is 5.70. The first-order chi connectivity index (χ1) is 13.9. The molecule has 8 nitrogen and oxygen atoms in total. The summed E-state index contributed by atoms with van der Waals surface area (Å²) in [6, 6.07) is 6.32. The summed E-state index contributed by atoms with van der Waals surface area (Å²) in [5.41, 5.74) is 0.580. The number of hydrogen-bond acceptors (Lipinski definition) is 5. The number of nitrogens with zero attached hydrogens (tertiary/aromatic N) is 1. The molecule has 0 aromatic heterocycles. The van der Waals surface area contributed by atoms with Crippen molar-refractivity contribution >= 4 is 27.5 Å². The van der Waals surface area contributed by atoms with Crippen LogP contribution in [0.1, 0.15) is 12.8 Å². The monoisotopic (exact) mass is 419 g/mol. The number of carbonyl (C=O) groups excluding carboxylic acids is 2. The van der Waals surface area contributed by atoms with E-state index in [0.29, 0.717) is 44.8 Å². The molecule has 1 aliphatic carbocycles. The molecule has 1 saturated carbocycles. The van der Waals surface area contributed by atoms with Gasteiger partial charge in [-0.2, -0.15) is 4.31 Å². The number of benzene rings is 1. The highest BCUT2D eigenvalue weighted by molar-refractivity contribution is 7.89. The van der Waals surface area contributed by atoms with Crippen LogP contribution in [0.2, 0.25) is 0 Å². The van der Waals surface area contributed by atoms with Crippen molar-refractivity contribution in [3.8, 4) is 0 Å². The Morgan fingerprint density at radius 1 is 1.10 bits per heavy atom. The Labute approximate surface area is 170 Å². The lowest BCUT2D eigenvalue weighted by atomic mass is 9.99. The van der Waals surface area contributed by atoms with Crippen LogP contribution in [0.4, 0.5) is 5.69 Å². The summed E-state index contributed by atoms with van der Waals surface area (Å²) >= 11 is 0. The van der Waals surface area contributed by atoms with Crippen LogP contribution in [0, 0.1) is 17.8 Å². The van der Waals surface area contributed by atoms with E-state index in [0.717, 1.165) is 0 Å². The fraction of sp³-hybridized carbons (Fsp3) is 0.500. The van der Waals surface area contributed by atoms with Crippen molar-refractivity contribution in [2.75, 3.05) is 31.6 Å². The summed E-state index contributed by atoms with van der Waals surface area (Å²) in [6.07, 6.45) is 2.62. The van der Waals surface area contributed by atoms with Crippen LogP contribution in [0.15, 0.2) is 41.8 Å². The van der Waals surface area contributed by atoms with E-state index in [9.17, 15) is 18.0 Å². The van der Waals surface area contributed by atoms with Gasteiger partial charge in [0, 0.05) is 44.0 Å². The molecule has 2 saturated heterocycles. The van der Waals surface area contributed by atoms with E-state index in [-0.39, 0.29) is 40.5 Å². The average molecular weight is 420 g/mol. The zero-order valence-electron chi connectivity index (χ0n) is 16.0. The maximum atomic E-state index is 12.9. The number of rotatable bonds is 6. The highest BCUT2D eigenvalue weighted by Gasteiger charge is 2.58. The molecule has 2 unspecified atom stereocenters. The van der Waals surface area contributed by atoms with Crippen LogP contribution in [-0.4, -0.2) is 56.9 Å². The minimum Gasteiger partial charge on any atom is -0.381 e. The van der Waals surface area contributed by atoms with Crippen LogP contribution in [0.25, 0.3) is 0 Å². The van der Waals surface area contributed by atoms with Crippen LogP contribution in [0.3, 0.4) is 0 Å². The molecule has 2 N–H and O–H groups in total. The first-order valence-corrected chi connectivity index (χ1v) is 11.3. The molecule has 156 valence electrons. The third-order valence-electron chi connectivity index (χ3n) is 6.01. The molecule has 2 amide bonds. The number of ether oxygens (including phenoxy) is 1. The van der Waals surface area contributed by atoms with Crippen molar-refractivity contribution in [1.82, 2.24) is 9.62 Å². The standard InChI is InChI=1S/C20H25N3O5S/c1-2-18(24)22-19-16-11-23(12-17(16)19)29(26,27)15-5-3-14(4-6-15)21-20(25)13-7-9-28-10-8-13/h2-6,13,16-17,19H,1,7-12H2,(H,21,25)(H,22,24). The lowest BCUT2D eigenvalue weighted by Crippen LogP contribution is -2.36. The number of carbonyl (C=O) groups is 2. The quantitative estimate of drug-likeness (QED) is 0.669. The van der Waals surface area contributed by atoms with Gasteiger partial charge in [-0.1, -0.05) is 6.58 Å². The van der Waals surface area contributed by atoms with E-state index in [1.165, 1.54) is 22.5 Å². The Bertz CT molecular complexity index is 897. The van der Waals surface area contributed by atoms with Gasteiger partial charge in [0.05, 0.1) is 4.90 Å². The molecule has 0 spiro atoms. The SMILES string of the molecule is C=CC(=O)NC1C2CN(S(=O)(=O)c3ccc(NC(=O)C4CCOCC4)cc3)CC21. The van der Waals surface area contributed by atoms with Gasteiger partial charge in [-0.3, -0.25) is 9.59 Å². The second kappa shape index (κ2) is 7.89. The molecule has 3 fully saturated rings. The van der Waals surface area contributed by atoms with E-state index in [1.807, 2.05) is 0 Å². The number of anilines is 1. The van der Waals surface area contributed by atoms with E-state index in [4.69, 9.17) is 4.74 Å². The van der Waals surface area contributed by atoms with Gasteiger partial charge < -0.3 is 15.4 Å². The number of amides is 2. The Kier molecular flexibility index (Phi) is 5.46. The predicted octanol–water partition coefficient (Wildman–Crippen LogP) is 0.973. The minimum atomic E-state index is -3.59. The average Bonchev–Trinajstić information content (AvgIpc) is 3.15. The van der Waals surface area contributed by atoms with Gasteiger partial charge in [0.15, 0.2) is 0 Å². The molecule has 3 aliphatic rings. The molecule has 29 heavy (non-hydrogen) atoms. The van der Waals surface area contributed by atoms with Gasteiger partial charge in [-0.25, -0.2) is 8.42 Å². The van der Waals surface area contributed by atoms with Crippen molar-refractivity contribution in [2.45, 2.75) is 23.8 Å². The third kappa shape index (κ3) is 4.08. The number of nitrogens with one attached hydrogen (secondary N) is 2. The molecular weight excluding hydrogens is 394 g/mol. The topological polar surface area (TPSA) is 105 Å². The van der Waals surface area contributed by atoms with Gasteiger partial charge in [-0.15, -0.1) is 0 Å². The van der Waals surface area contributed by atoms with Gasteiger partial charge >= 0.3 is 0 Å². The van der Waals surface area contributed by atoms with Gasteiger partial charge in [-0.05, 0) is 55.0 Å². The fourth-order valence-electron chi connectivity index (χ4n) is 4.18. The van der Waals surface area contributed by atoms with Crippen LogP contribution >= 0.6 is 0 Å². The second-order valence-corrected chi connectivity index (χ2v) is 9.73. The second-order valence-electron chi connectivity index (χ2n) is 7.79. The maximum Gasteiger partial charge on any atom is 0.243 e. The van der Waals surface area contributed by atoms with Crippen molar-refractivity contribution < 1.29 is 22.7 Å². The molecule has 0 bridgehead atoms. The molecule has 1 aromatic carbocycles. The molecule has 2 heterocycles. The summed E-state index contributed by atoms with van der Waals surface area (Å²) in [6.45, 7) is 5.41. The molecule has 2 aliphatic heterocycles. The highest BCUT2D eigenvalue weighted by atomic mass is 32.2. The number of hydrogen-bond donors (Lipinski definition) is 2. The van der Waals surface area contributed by atoms with Crippen molar-refractivity contribution in [1.29, 1.82) is 0 Å². The Balaban J connectivity index is 1.35. The van der Waals surface area contributed by atoms with Gasteiger partial charge in [0.2, 0.25) is 21.8 Å². The first kappa shape index (κ1) is 20.1. The Morgan fingerprint density at radius 3 is 2.31 bits per heavy atom. The summed E-state index contributed by atoms with van der Waals surface area (Å²) in [5.74, 6) is -0.0372. The molecule has 0 radical (unpaired) electrons. The van der Waals surface area contributed by atoms with E-state index in [2.05, 4.69) is 17.2 Å². The van der Waals surface area contributed by atoms with E-state index in [1.54, 1.807) is 12.1 Å². The first-order valence-electron chi connectivity index (χ1n) is 9.82. The van der Waals surface area contributed by atoms with Crippen LogP contribution in [-0.2, 0) is 24.3 Å². The largest absolute Gasteiger partial charge is 0.381 e. The number of sulfonamides is 1. The lowest BCUT2D eigenvalue weighted by Gasteiger charge is -2.21. The van der Waals surface area contributed by atoms with Gasteiger partial charge in [0.1, 0.15) is 0 Å². The zero-order valence-corrected chi connectivity index (χ0v) is 16.9. The minimum absolute atomic E-state index is 0.0368. The molecule has 2 atom stereocenters. The number of fused-ring (bicyclic) bond motifs is 1. The normalized spacial score (nSPS) is 27.1. The highest BCUT2D eigenvalue weighted by Crippen LogP contribution is 2.47. The maximum absolute atomic E-state index is 12.9. The van der Waals surface area contributed by atoms with Crippen LogP contribution in [0.5, 0.6) is 0 Å². The molecule has 4 rings (SSSR count). The van der Waals surface area contributed by atoms with E-state index < -0.39 is 10.0 Å². The molecular formula is C20H25N3O5S. The number of piperidine rings is 1. The summed E-state index contributed by atoms with van der Waals surface area (Å²) < 4.78 is 32.5. The van der Waals surface area contributed by atoms with E-state index >= 15 is 0 Å². The molecule has 9 heteroatoms. The predicted molar refractivity (Wildman–Crippen MR) is 106 cm³/mol.